The van der Waals surface area contributed by atoms with Crippen molar-refractivity contribution in [1.82, 2.24) is 19.9 Å². The van der Waals surface area contributed by atoms with E-state index in [4.69, 9.17) is 4.98 Å². The van der Waals surface area contributed by atoms with E-state index in [2.05, 4.69) is 36.1 Å². The SMILES string of the molecule is Cc1csc(N2CCC(C(=O)N3CCCN(c4nc5ccccc5[nH]4)CC3)CC2)n1. The second-order valence-corrected chi connectivity index (χ2v) is 9.11. The van der Waals surface area contributed by atoms with Gasteiger partial charge in [0.15, 0.2) is 5.13 Å². The molecule has 2 aromatic heterocycles. The Kier molecular flexibility index (Phi) is 5.33. The molecule has 3 aromatic rings. The van der Waals surface area contributed by atoms with Crippen LogP contribution in [0.5, 0.6) is 0 Å². The van der Waals surface area contributed by atoms with Crippen LogP contribution in [0.15, 0.2) is 29.6 Å². The molecule has 0 unspecified atom stereocenters. The lowest BCUT2D eigenvalue weighted by Crippen LogP contribution is -2.44. The van der Waals surface area contributed by atoms with Gasteiger partial charge in [-0.25, -0.2) is 9.97 Å². The third-order valence-corrected chi connectivity index (χ3v) is 7.22. The van der Waals surface area contributed by atoms with Crippen LogP contribution in [0.2, 0.25) is 0 Å². The number of imidazole rings is 1. The van der Waals surface area contributed by atoms with Crippen LogP contribution in [0, 0.1) is 12.8 Å². The van der Waals surface area contributed by atoms with Crippen molar-refractivity contribution in [3.8, 4) is 0 Å². The number of carbonyl (C=O) groups is 1. The molecule has 0 atom stereocenters. The smallest absolute Gasteiger partial charge is 0.225 e. The summed E-state index contributed by atoms with van der Waals surface area (Å²) >= 11 is 1.70. The van der Waals surface area contributed by atoms with E-state index in [1.807, 2.05) is 25.1 Å². The van der Waals surface area contributed by atoms with Gasteiger partial charge in [0.05, 0.1) is 16.7 Å². The molecule has 7 nitrogen and oxygen atoms in total. The number of fused-ring (bicyclic) bond motifs is 1. The zero-order valence-corrected chi connectivity index (χ0v) is 18.2. The van der Waals surface area contributed by atoms with Crippen molar-refractivity contribution in [2.75, 3.05) is 49.1 Å². The quantitative estimate of drug-likeness (QED) is 0.699. The first-order valence-corrected chi connectivity index (χ1v) is 11.7. The van der Waals surface area contributed by atoms with Crippen LogP contribution in [0.4, 0.5) is 11.1 Å². The lowest BCUT2D eigenvalue weighted by molar-refractivity contribution is -0.135. The molecule has 8 heteroatoms. The van der Waals surface area contributed by atoms with Crippen molar-refractivity contribution >= 4 is 39.4 Å². The van der Waals surface area contributed by atoms with E-state index in [-0.39, 0.29) is 5.92 Å². The second kappa shape index (κ2) is 8.26. The van der Waals surface area contributed by atoms with Crippen molar-refractivity contribution in [3.05, 3.63) is 35.3 Å². The Hall–Kier alpha value is -2.61. The molecule has 0 saturated carbocycles. The molecule has 5 rings (SSSR count). The molecule has 0 spiro atoms. The van der Waals surface area contributed by atoms with Gasteiger partial charge in [-0.15, -0.1) is 11.3 Å². The summed E-state index contributed by atoms with van der Waals surface area (Å²) in [5.74, 6) is 1.38. The molecule has 2 fully saturated rings. The Balaban J connectivity index is 1.18. The summed E-state index contributed by atoms with van der Waals surface area (Å²) in [4.78, 5) is 32.6. The largest absolute Gasteiger partial charge is 0.348 e. The van der Waals surface area contributed by atoms with Crippen LogP contribution in [0.3, 0.4) is 0 Å². The van der Waals surface area contributed by atoms with E-state index in [9.17, 15) is 4.79 Å². The number of anilines is 2. The topological polar surface area (TPSA) is 68.4 Å². The maximum absolute atomic E-state index is 13.2. The number of nitrogens with zero attached hydrogens (tertiary/aromatic N) is 5. The van der Waals surface area contributed by atoms with Gasteiger partial charge in [-0.3, -0.25) is 4.79 Å². The Morgan fingerprint density at radius 2 is 1.87 bits per heavy atom. The summed E-state index contributed by atoms with van der Waals surface area (Å²) in [6, 6.07) is 8.12. The molecule has 2 saturated heterocycles. The van der Waals surface area contributed by atoms with Crippen LogP contribution < -0.4 is 9.80 Å². The number of piperidine rings is 1. The van der Waals surface area contributed by atoms with Gasteiger partial charge in [0, 0.05) is 50.6 Å². The third-order valence-electron chi connectivity index (χ3n) is 6.21. The number of benzene rings is 1. The van der Waals surface area contributed by atoms with Crippen molar-refractivity contribution in [2.24, 2.45) is 5.92 Å². The average molecular weight is 425 g/mol. The molecule has 0 bridgehead atoms. The molecule has 4 heterocycles. The molecular weight excluding hydrogens is 396 g/mol. The van der Waals surface area contributed by atoms with Crippen molar-refractivity contribution in [3.63, 3.8) is 0 Å². The number of hydrogen-bond acceptors (Lipinski definition) is 6. The van der Waals surface area contributed by atoms with Gasteiger partial charge >= 0.3 is 0 Å². The molecule has 1 N–H and O–H groups in total. The molecular formula is C22H28N6OS. The summed E-state index contributed by atoms with van der Waals surface area (Å²) in [7, 11) is 0. The molecule has 30 heavy (non-hydrogen) atoms. The number of hydrogen-bond donors (Lipinski definition) is 1. The monoisotopic (exact) mass is 424 g/mol. The molecule has 0 aliphatic carbocycles. The summed E-state index contributed by atoms with van der Waals surface area (Å²) in [6.45, 7) is 7.21. The summed E-state index contributed by atoms with van der Waals surface area (Å²) < 4.78 is 0. The molecule has 2 aliphatic heterocycles. The standard InChI is InChI=1S/C22H28N6OS/c1-16-15-30-22(23-16)28-11-7-17(8-12-28)20(29)26-9-4-10-27(14-13-26)21-24-18-5-2-3-6-19(18)25-21/h2-3,5-6,15,17H,4,7-14H2,1H3,(H,24,25). The van der Waals surface area contributed by atoms with E-state index in [0.717, 1.165) is 86.3 Å². The highest BCUT2D eigenvalue weighted by Gasteiger charge is 2.30. The summed E-state index contributed by atoms with van der Waals surface area (Å²) in [6.07, 6.45) is 2.81. The first-order chi connectivity index (χ1) is 14.7. The molecule has 1 aromatic carbocycles. The minimum atomic E-state index is 0.139. The number of aryl methyl sites for hydroxylation is 1. The predicted molar refractivity (Wildman–Crippen MR) is 121 cm³/mol. The molecule has 1 amide bonds. The number of carbonyl (C=O) groups excluding carboxylic acids is 1. The fourth-order valence-electron chi connectivity index (χ4n) is 4.50. The highest BCUT2D eigenvalue weighted by Crippen LogP contribution is 2.27. The predicted octanol–water partition coefficient (Wildman–Crippen LogP) is 3.28. The van der Waals surface area contributed by atoms with Crippen LogP contribution in [-0.4, -0.2) is 65.0 Å². The number of H-pyrrole nitrogens is 1. The van der Waals surface area contributed by atoms with E-state index in [1.54, 1.807) is 11.3 Å². The normalized spacial score (nSPS) is 18.8. The van der Waals surface area contributed by atoms with Gasteiger partial charge in [0.2, 0.25) is 11.9 Å². The van der Waals surface area contributed by atoms with E-state index < -0.39 is 0 Å². The summed E-state index contributed by atoms with van der Waals surface area (Å²) in [5, 5.41) is 3.19. The van der Waals surface area contributed by atoms with Crippen molar-refractivity contribution < 1.29 is 4.79 Å². The third kappa shape index (κ3) is 3.88. The van der Waals surface area contributed by atoms with E-state index in [0.29, 0.717) is 5.91 Å². The zero-order valence-electron chi connectivity index (χ0n) is 17.4. The van der Waals surface area contributed by atoms with Crippen molar-refractivity contribution in [1.29, 1.82) is 0 Å². The maximum atomic E-state index is 13.2. The van der Waals surface area contributed by atoms with Gasteiger partial charge in [-0.1, -0.05) is 12.1 Å². The van der Waals surface area contributed by atoms with Crippen LogP contribution >= 0.6 is 11.3 Å². The Bertz CT molecular complexity index is 988. The summed E-state index contributed by atoms with van der Waals surface area (Å²) in [5.41, 5.74) is 3.13. The highest BCUT2D eigenvalue weighted by atomic mass is 32.1. The molecule has 158 valence electrons. The van der Waals surface area contributed by atoms with Crippen molar-refractivity contribution in [2.45, 2.75) is 26.2 Å². The minimum absolute atomic E-state index is 0.139. The molecule has 2 aliphatic rings. The number of rotatable bonds is 3. The number of aromatic nitrogens is 3. The Morgan fingerprint density at radius 1 is 1.03 bits per heavy atom. The van der Waals surface area contributed by atoms with Gasteiger partial charge in [-0.05, 0) is 38.3 Å². The maximum Gasteiger partial charge on any atom is 0.225 e. The second-order valence-electron chi connectivity index (χ2n) is 8.28. The highest BCUT2D eigenvalue weighted by molar-refractivity contribution is 7.13. The number of aromatic amines is 1. The van der Waals surface area contributed by atoms with E-state index in [1.165, 1.54) is 0 Å². The van der Waals surface area contributed by atoms with Crippen LogP contribution in [0.25, 0.3) is 11.0 Å². The number of amides is 1. The lowest BCUT2D eigenvalue weighted by atomic mass is 9.95. The fourth-order valence-corrected chi connectivity index (χ4v) is 5.36. The number of thiazole rings is 1. The van der Waals surface area contributed by atoms with Gasteiger partial charge in [0.1, 0.15) is 0 Å². The molecule has 0 radical (unpaired) electrons. The minimum Gasteiger partial charge on any atom is -0.348 e. The van der Waals surface area contributed by atoms with Gasteiger partial charge in [-0.2, -0.15) is 0 Å². The van der Waals surface area contributed by atoms with Gasteiger partial charge < -0.3 is 19.7 Å². The van der Waals surface area contributed by atoms with Gasteiger partial charge in [0.25, 0.3) is 0 Å². The van der Waals surface area contributed by atoms with Crippen LogP contribution in [0.1, 0.15) is 25.0 Å². The van der Waals surface area contributed by atoms with Crippen LogP contribution in [-0.2, 0) is 4.79 Å². The average Bonchev–Trinajstić information content (AvgIpc) is 3.32. The Labute approximate surface area is 180 Å². The number of nitrogens with one attached hydrogen (secondary N) is 1. The Morgan fingerprint density at radius 3 is 2.63 bits per heavy atom. The first-order valence-electron chi connectivity index (χ1n) is 10.8. The lowest BCUT2D eigenvalue weighted by Gasteiger charge is -2.33. The van der Waals surface area contributed by atoms with E-state index >= 15 is 0 Å². The number of para-hydroxylation sites is 2. The fraction of sp³-hybridized carbons (Fsp3) is 0.500. The zero-order chi connectivity index (χ0) is 20.5. The first kappa shape index (κ1) is 19.4.